The predicted octanol–water partition coefficient (Wildman–Crippen LogP) is 3.65. The van der Waals surface area contributed by atoms with Crippen molar-refractivity contribution in [2.45, 2.75) is 57.2 Å². The highest BCUT2D eigenvalue weighted by atomic mass is 32.2. The van der Waals surface area contributed by atoms with Crippen LogP contribution >= 0.6 is 0 Å². The highest BCUT2D eigenvalue weighted by Gasteiger charge is 2.47. The molecule has 2 aromatic carbocycles. The molecule has 2 amide bonds. The summed E-state index contributed by atoms with van der Waals surface area (Å²) in [6.45, 7) is 3.79. The van der Waals surface area contributed by atoms with Crippen LogP contribution < -0.4 is 10.1 Å². The Bertz CT molecular complexity index is 1510. The number of aliphatic imine (C=N–C) groups is 1. The number of nitrogens with zero attached hydrogens (tertiary/aromatic N) is 3. The van der Waals surface area contributed by atoms with Crippen molar-refractivity contribution in [1.29, 1.82) is 0 Å². The normalized spacial score (nSPS) is 25.2. The summed E-state index contributed by atoms with van der Waals surface area (Å²) in [7, 11) is -1.34. The van der Waals surface area contributed by atoms with Gasteiger partial charge in [-0.2, -0.15) is 13.2 Å². The third kappa shape index (κ3) is 8.59. The summed E-state index contributed by atoms with van der Waals surface area (Å²) >= 11 is 0. The van der Waals surface area contributed by atoms with Gasteiger partial charge < -0.3 is 24.8 Å². The van der Waals surface area contributed by atoms with Crippen LogP contribution in [0.2, 0.25) is 0 Å². The molecular weight excluding hydrogens is 637 g/mol. The zero-order chi connectivity index (χ0) is 33.6. The van der Waals surface area contributed by atoms with Crippen LogP contribution in [0.4, 0.5) is 13.2 Å². The maximum atomic E-state index is 13.8. The van der Waals surface area contributed by atoms with Gasteiger partial charge in [-0.25, -0.2) is 8.51 Å². The molecule has 0 aromatic heterocycles. The van der Waals surface area contributed by atoms with Crippen LogP contribution in [0.25, 0.3) is 0 Å². The number of aliphatic hydroxyl groups excluding tert-OH is 1. The van der Waals surface area contributed by atoms with Crippen molar-refractivity contribution in [1.82, 2.24) is 14.5 Å². The van der Waals surface area contributed by atoms with Gasteiger partial charge in [0.05, 0.1) is 36.4 Å². The molecule has 5 aliphatic heterocycles. The molecule has 0 radical (unpaired) electrons. The van der Waals surface area contributed by atoms with Crippen LogP contribution in [0.1, 0.15) is 64.7 Å². The third-order valence-corrected chi connectivity index (χ3v) is 10.3. The number of amidine groups is 1. The first-order valence-corrected chi connectivity index (χ1v) is 17.2. The van der Waals surface area contributed by atoms with Crippen LogP contribution in [0.15, 0.2) is 41.4 Å². The fourth-order valence-electron chi connectivity index (χ4n) is 6.04. The van der Waals surface area contributed by atoms with Gasteiger partial charge in [0.2, 0.25) is 0 Å². The van der Waals surface area contributed by atoms with Crippen LogP contribution in [0.5, 0.6) is 5.75 Å². The molecule has 1 atom stereocenters. The number of ether oxygens (including phenoxy) is 2. The van der Waals surface area contributed by atoms with E-state index in [0.717, 1.165) is 23.3 Å². The number of hydrogen-bond acceptors (Lipinski definition) is 7. The lowest BCUT2D eigenvalue weighted by molar-refractivity contribution is -0.137. The Labute approximate surface area is 274 Å². The lowest BCUT2D eigenvalue weighted by Gasteiger charge is -2.34. The number of amides is 2. The van der Waals surface area contributed by atoms with Gasteiger partial charge in [-0.05, 0) is 86.9 Å². The average molecular weight is 679 g/mol. The van der Waals surface area contributed by atoms with Gasteiger partial charge in [-0.1, -0.05) is 6.07 Å². The van der Waals surface area contributed by atoms with Crippen molar-refractivity contribution >= 4 is 28.6 Å². The first kappa shape index (κ1) is 35.0. The smallest absolute Gasteiger partial charge is 0.416 e. The molecule has 7 bridgehead atoms. The molecule has 256 valence electrons. The number of carbonyl (C=O) groups excluding carboxylic acids is 2. The molecule has 1 unspecified atom stereocenters. The fraction of sp³-hybridized carbons (Fsp3) is 0.545. The van der Waals surface area contributed by atoms with Crippen LogP contribution in [0, 0.1) is 6.92 Å². The Morgan fingerprint density at radius 1 is 1.00 bits per heavy atom. The molecule has 7 rings (SSSR count). The molecule has 2 N–H and O–H groups in total. The molecule has 10 nitrogen and oxygen atoms in total. The van der Waals surface area contributed by atoms with E-state index in [1.54, 1.807) is 15.3 Å². The Morgan fingerprint density at radius 3 is 2.49 bits per heavy atom. The van der Waals surface area contributed by atoms with Crippen molar-refractivity contribution in [3.8, 4) is 5.75 Å². The number of rotatable bonds is 2. The van der Waals surface area contributed by atoms with Gasteiger partial charge in [0, 0.05) is 49.7 Å². The van der Waals surface area contributed by atoms with E-state index >= 15 is 0 Å². The number of benzene rings is 2. The number of piperidine rings is 1. The van der Waals surface area contributed by atoms with Gasteiger partial charge in [-0.15, -0.1) is 0 Å². The summed E-state index contributed by atoms with van der Waals surface area (Å²) in [5, 5.41) is 12.2. The molecule has 0 saturated carbocycles. The molecule has 14 heteroatoms. The van der Waals surface area contributed by atoms with E-state index in [1.807, 2.05) is 19.1 Å². The SMILES string of the molecule is Cc1cc2ccc1CCS(=O)N1CCC3(CC1)N=C(NC3=O)c1cc(cc(C(F)(F)F)c1)OCCCCCOCCN(CCO)C2=O. The summed E-state index contributed by atoms with van der Waals surface area (Å²) in [6.07, 6.45) is -1.56. The summed E-state index contributed by atoms with van der Waals surface area (Å²) in [5.41, 5.74) is 0.443. The maximum Gasteiger partial charge on any atom is 0.416 e. The second-order valence-electron chi connectivity index (χ2n) is 12.1. The first-order chi connectivity index (χ1) is 22.5. The van der Waals surface area contributed by atoms with E-state index in [-0.39, 0.29) is 68.2 Å². The summed E-state index contributed by atoms with van der Waals surface area (Å²) in [5.74, 6) is -0.134. The molecule has 5 heterocycles. The largest absolute Gasteiger partial charge is 0.494 e. The van der Waals surface area contributed by atoms with Crippen molar-refractivity contribution in [3.05, 3.63) is 64.2 Å². The molecule has 1 fully saturated rings. The highest BCUT2D eigenvalue weighted by molar-refractivity contribution is 7.82. The van der Waals surface area contributed by atoms with E-state index in [0.29, 0.717) is 63.2 Å². The van der Waals surface area contributed by atoms with Gasteiger partial charge in [0.15, 0.2) is 0 Å². The topological polar surface area (TPSA) is 121 Å². The summed E-state index contributed by atoms with van der Waals surface area (Å²) in [6, 6.07) is 8.80. The molecule has 2 aromatic rings. The van der Waals surface area contributed by atoms with Crippen LogP contribution in [-0.4, -0.2) is 100 Å². The number of fused-ring (bicyclic) bond motifs is 2. The minimum atomic E-state index is -4.63. The third-order valence-electron chi connectivity index (χ3n) is 8.83. The number of carbonyl (C=O) groups is 2. The zero-order valence-electron chi connectivity index (χ0n) is 26.4. The minimum Gasteiger partial charge on any atom is -0.494 e. The Balaban J connectivity index is 1.35. The van der Waals surface area contributed by atoms with E-state index < -0.39 is 28.3 Å². The highest BCUT2D eigenvalue weighted by Crippen LogP contribution is 2.36. The second kappa shape index (κ2) is 15.3. The van der Waals surface area contributed by atoms with Crippen LogP contribution in [-0.2, 0) is 33.1 Å². The molecule has 5 aliphatic rings. The van der Waals surface area contributed by atoms with Crippen LogP contribution in [0.3, 0.4) is 0 Å². The summed E-state index contributed by atoms with van der Waals surface area (Å²) in [4.78, 5) is 32.6. The Morgan fingerprint density at radius 2 is 1.77 bits per heavy atom. The van der Waals surface area contributed by atoms with Crippen molar-refractivity contribution in [2.24, 2.45) is 4.99 Å². The van der Waals surface area contributed by atoms with Gasteiger partial charge in [0.25, 0.3) is 11.8 Å². The van der Waals surface area contributed by atoms with Gasteiger partial charge in [0.1, 0.15) is 17.1 Å². The zero-order valence-corrected chi connectivity index (χ0v) is 27.3. The van der Waals surface area contributed by atoms with Crippen molar-refractivity contribution in [2.75, 3.05) is 58.4 Å². The molecule has 47 heavy (non-hydrogen) atoms. The first-order valence-electron chi connectivity index (χ1n) is 16.0. The van der Waals surface area contributed by atoms with E-state index in [1.165, 1.54) is 6.07 Å². The lowest BCUT2D eigenvalue weighted by Crippen LogP contribution is -2.49. The Kier molecular flexibility index (Phi) is 11.4. The fourth-order valence-corrected chi connectivity index (χ4v) is 7.28. The predicted molar refractivity (Wildman–Crippen MR) is 171 cm³/mol. The second-order valence-corrected chi connectivity index (χ2v) is 13.6. The number of alkyl halides is 3. The maximum absolute atomic E-state index is 13.8. The number of hydrogen-bond donors (Lipinski definition) is 2. The average Bonchev–Trinajstić information content (AvgIpc) is 3.36. The molecule has 0 aliphatic carbocycles. The van der Waals surface area contributed by atoms with Crippen molar-refractivity contribution in [3.63, 3.8) is 0 Å². The molecular formula is C33H41F3N4O6S. The molecule has 1 spiro atoms. The number of halogens is 3. The van der Waals surface area contributed by atoms with Gasteiger partial charge >= 0.3 is 6.18 Å². The number of nitrogens with one attached hydrogen (secondary N) is 1. The van der Waals surface area contributed by atoms with Gasteiger partial charge in [-0.3, -0.25) is 14.6 Å². The number of aryl methyl sites for hydroxylation is 2. The van der Waals surface area contributed by atoms with E-state index in [9.17, 15) is 32.1 Å². The van der Waals surface area contributed by atoms with E-state index in [4.69, 9.17) is 9.47 Å². The molecule has 1 saturated heterocycles. The quantitative estimate of drug-likeness (QED) is 0.501. The van der Waals surface area contributed by atoms with E-state index in [2.05, 4.69) is 10.3 Å². The monoisotopic (exact) mass is 678 g/mol. The number of aliphatic hydroxyl groups is 1. The summed E-state index contributed by atoms with van der Waals surface area (Å²) < 4.78 is 67.9. The lowest BCUT2D eigenvalue weighted by atomic mass is 9.89. The van der Waals surface area contributed by atoms with Crippen molar-refractivity contribution < 1.29 is 41.5 Å². The Hall–Kier alpha value is -3.33. The minimum absolute atomic E-state index is 0.0316. The standard InChI is InChI=1S/C33H41F3N4O6S/c1-23-19-25-6-5-24(23)7-18-47(44)40-10-8-32(9-11-40)31(43)37-29(38-32)26-20-27(33(34,35)36)22-28(21-26)46-16-4-2-3-15-45-17-13-39(12-14-41)30(25)42/h5-6,19-22,41H,2-4,7-18H2,1H3,(H,37,38,43).